The van der Waals surface area contributed by atoms with E-state index in [0.29, 0.717) is 22.4 Å². The standard InChI is InChI=1S/C23H32N4O2S2/c1-2-3-5-14-21-26-27-23(31-21)25-22(29)18-12-8-9-13-19(18)30-16-20(28)24-15-17-10-6-4-7-11-17/h8-9,12-13,17H,2-7,10-11,14-16H2,1H3,(H,24,28)(H,25,27,29). The minimum Gasteiger partial charge on any atom is -0.355 e. The third-order valence-electron chi connectivity index (χ3n) is 5.48. The van der Waals surface area contributed by atoms with E-state index in [9.17, 15) is 9.59 Å². The first kappa shape index (κ1) is 23.7. The first-order valence-corrected chi connectivity index (χ1v) is 13.1. The second-order valence-electron chi connectivity index (χ2n) is 8.01. The Morgan fingerprint density at radius 1 is 1.13 bits per heavy atom. The van der Waals surface area contributed by atoms with E-state index < -0.39 is 0 Å². The van der Waals surface area contributed by atoms with Gasteiger partial charge >= 0.3 is 0 Å². The van der Waals surface area contributed by atoms with Gasteiger partial charge in [-0.05, 0) is 37.3 Å². The molecule has 2 aromatic rings. The fourth-order valence-corrected chi connectivity index (χ4v) is 5.38. The minimum absolute atomic E-state index is 0.0200. The van der Waals surface area contributed by atoms with E-state index in [4.69, 9.17) is 0 Å². The number of carbonyl (C=O) groups excluding carboxylic acids is 2. The van der Waals surface area contributed by atoms with E-state index in [1.807, 2.05) is 18.2 Å². The number of nitrogens with one attached hydrogen (secondary N) is 2. The highest BCUT2D eigenvalue weighted by atomic mass is 32.2. The molecule has 0 radical (unpaired) electrons. The number of hydrogen-bond donors (Lipinski definition) is 2. The van der Waals surface area contributed by atoms with Crippen molar-refractivity contribution >= 4 is 40.0 Å². The second-order valence-corrected chi connectivity index (χ2v) is 10.1. The van der Waals surface area contributed by atoms with E-state index in [1.54, 1.807) is 6.07 Å². The Labute approximate surface area is 193 Å². The molecule has 1 aromatic heterocycles. The Kier molecular flexibility index (Phi) is 9.81. The zero-order valence-electron chi connectivity index (χ0n) is 18.2. The monoisotopic (exact) mass is 460 g/mol. The van der Waals surface area contributed by atoms with E-state index in [-0.39, 0.29) is 11.8 Å². The molecule has 8 heteroatoms. The van der Waals surface area contributed by atoms with Crippen LogP contribution >= 0.6 is 23.1 Å². The molecule has 0 unspecified atom stereocenters. The maximum absolute atomic E-state index is 12.8. The molecule has 6 nitrogen and oxygen atoms in total. The Morgan fingerprint density at radius 3 is 2.74 bits per heavy atom. The number of amides is 2. The van der Waals surface area contributed by atoms with Gasteiger partial charge in [-0.15, -0.1) is 22.0 Å². The van der Waals surface area contributed by atoms with Gasteiger partial charge in [0.1, 0.15) is 5.01 Å². The van der Waals surface area contributed by atoms with Gasteiger partial charge in [-0.1, -0.05) is 62.5 Å². The summed E-state index contributed by atoms with van der Waals surface area (Å²) in [6.07, 6.45) is 10.6. The zero-order chi connectivity index (χ0) is 21.9. The largest absolute Gasteiger partial charge is 0.355 e. The number of carbonyl (C=O) groups is 2. The van der Waals surface area contributed by atoms with Crippen LogP contribution in [0, 0.1) is 5.92 Å². The van der Waals surface area contributed by atoms with Crippen molar-refractivity contribution in [1.29, 1.82) is 0 Å². The number of nitrogens with zero attached hydrogens (tertiary/aromatic N) is 2. The van der Waals surface area contributed by atoms with Crippen LogP contribution in [0.25, 0.3) is 0 Å². The minimum atomic E-state index is -0.220. The molecule has 1 fully saturated rings. The molecule has 0 saturated heterocycles. The lowest BCUT2D eigenvalue weighted by molar-refractivity contribution is -0.118. The zero-order valence-corrected chi connectivity index (χ0v) is 19.8. The van der Waals surface area contributed by atoms with Gasteiger partial charge in [-0.3, -0.25) is 14.9 Å². The maximum atomic E-state index is 12.8. The first-order chi connectivity index (χ1) is 15.2. The van der Waals surface area contributed by atoms with Crippen LogP contribution in [-0.4, -0.2) is 34.3 Å². The van der Waals surface area contributed by atoms with E-state index in [2.05, 4.69) is 27.8 Å². The van der Waals surface area contributed by atoms with Crippen LogP contribution in [0.5, 0.6) is 0 Å². The molecule has 1 saturated carbocycles. The summed E-state index contributed by atoms with van der Waals surface area (Å²) in [5.41, 5.74) is 0.551. The van der Waals surface area contributed by atoms with Crippen molar-refractivity contribution in [3.05, 3.63) is 34.8 Å². The fraction of sp³-hybridized carbons (Fsp3) is 0.565. The van der Waals surface area contributed by atoms with Crippen molar-refractivity contribution in [2.24, 2.45) is 5.92 Å². The van der Waals surface area contributed by atoms with Gasteiger partial charge < -0.3 is 5.32 Å². The molecule has 1 aliphatic carbocycles. The lowest BCUT2D eigenvalue weighted by atomic mass is 9.89. The molecule has 1 heterocycles. The van der Waals surface area contributed by atoms with Crippen LogP contribution in [0.4, 0.5) is 5.13 Å². The highest BCUT2D eigenvalue weighted by Gasteiger charge is 2.17. The Bertz CT molecular complexity index is 850. The van der Waals surface area contributed by atoms with Gasteiger partial charge in [0.05, 0.1) is 11.3 Å². The predicted octanol–water partition coefficient (Wildman–Crippen LogP) is 5.31. The van der Waals surface area contributed by atoms with Crippen LogP contribution in [0.1, 0.15) is 73.7 Å². The average Bonchev–Trinajstić information content (AvgIpc) is 3.24. The normalized spacial score (nSPS) is 14.4. The van der Waals surface area contributed by atoms with E-state index in [1.165, 1.54) is 61.6 Å². The van der Waals surface area contributed by atoms with Gasteiger partial charge in [-0.25, -0.2) is 0 Å². The smallest absolute Gasteiger partial charge is 0.258 e. The molecular weight excluding hydrogens is 428 g/mol. The van der Waals surface area contributed by atoms with Crippen molar-refractivity contribution in [3.8, 4) is 0 Å². The summed E-state index contributed by atoms with van der Waals surface area (Å²) in [6, 6.07) is 7.37. The summed E-state index contributed by atoms with van der Waals surface area (Å²) >= 11 is 2.82. The third kappa shape index (κ3) is 7.92. The fourth-order valence-electron chi connectivity index (χ4n) is 3.72. The topological polar surface area (TPSA) is 84.0 Å². The van der Waals surface area contributed by atoms with Crippen molar-refractivity contribution in [2.45, 2.75) is 69.6 Å². The number of unbranched alkanes of at least 4 members (excludes halogenated alkanes) is 2. The second kappa shape index (κ2) is 12.8. The number of hydrogen-bond acceptors (Lipinski definition) is 6. The number of anilines is 1. The molecule has 0 spiro atoms. The lowest BCUT2D eigenvalue weighted by Crippen LogP contribution is -2.31. The molecule has 2 N–H and O–H groups in total. The van der Waals surface area contributed by atoms with Gasteiger partial charge in [0.25, 0.3) is 5.91 Å². The SMILES string of the molecule is CCCCCc1nnc(NC(=O)c2ccccc2SCC(=O)NCC2CCCCC2)s1. The number of rotatable bonds is 11. The third-order valence-corrected chi connectivity index (χ3v) is 7.46. The Balaban J connectivity index is 1.49. The van der Waals surface area contributed by atoms with Gasteiger partial charge in [0, 0.05) is 17.9 Å². The summed E-state index contributed by atoms with van der Waals surface area (Å²) in [5.74, 6) is 0.713. The maximum Gasteiger partial charge on any atom is 0.258 e. The summed E-state index contributed by atoms with van der Waals surface area (Å²) < 4.78 is 0. The molecule has 168 valence electrons. The quantitative estimate of drug-likeness (QED) is 0.351. The highest BCUT2D eigenvalue weighted by molar-refractivity contribution is 8.00. The first-order valence-electron chi connectivity index (χ1n) is 11.3. The molecule has 3 rings (SSSR count). The van der Waals surface area contributed by atoms with Crippen molar-refractivity contribution in [1.82, 2.24) is 15.5 Å². The summed E-state index contributed by atoms with van der Waals surface area (Å²) in [7, 11) is 0. The molecule has 31 heavy (non-hydrogen) atoms. The number of aryl methyl sites for hydroxylation is 1. The molecule has 2 amide bonds. The van der Waals surface area contributed by atoms with Crippen LogP contribution in [0.15, 0.2) is 29.2 Å². The molecule has 0 aliphatic heterocycles. The van der Waals surface area contributed by atoms with E-state index in [0.717, 1.165) is 35.7 Å². The van der Waals surface area contributed by atoms with Crippen molar-refractivity contribution in [3.63, 3.8) is 0 Å². The summed E-state index contributed by atoms with van der Waals surface area (Å²) in [6.45, 7) is 2.93. The van der Waals surface area contributed by atoms with Gasteiger partial charge in [0.2, 0.25) is 11.0 Å². The summed E-state index contributed by atoms with van der Waals surface area (Å²) in [4.78, 5) is 25.9. The summed E-state index contributed by atoms with van der Waals surface area (Å²) in [5, 5.41) is 15.6. The number of aromatic nitrogens is 2. The lowest BCUT2D eigenvalue weighted by Gasteiger charge is -2.21. The van der Waals surface area contributed by atoms with Crippen LogP contribution in [0.3, 0.4) is 0 Å². The van der Waals surface area contributed by atoms with Gasteiger partial charge in [-0.2, -0.15) is 0 Å². The molecule has 0 atom stereocenters. The van der Waals surface area contributed by atoms with Crippen LogP contribution < -0.4 is 10.6 Å². The molecule has 1 aliphatic rings. The predicted molar refractivity (Wildman–Crippen MR) is 128 cm³/mol. The molecule has 0 bridgehead atoms. The van der Waals surface area contributed by atoms with E-state index >= 15 is 0 Å². The number of thioether (sulfide) groups is 1. The van der Waals surface area contributed by atoms with Crippen molar-refractivity contribution in [2.75, 3.05) is 17.6 Å². The number of benzene rings is 1. The Hall–Kier alpha value is -1.93. The Morgan fingerprint density at radius 2 is 1.94 bits per heavy atom. The molecule has 1 aromatic carbocycles. The highest BCUT2D eigenvalue weighted by Crippen LogP contribution is 2.25. The van der Waals surface area contributed by atoms with Crippen LogP contribution in [0.2, 0.25) is 0 Å². The van der Waals surface area contributed by atoms with Crippen LogP contribution in [-0.2, 0) is 11.2 Å². The van der Waals surface area contributed by atoms with Gasteiger partial charge in [0.15, 0.2) is 0 Å². The molecular formula is C23H32N4O2S2. The van der Waals surface area contributed by atoms with Crippen molar-refractivity contribution < 1.29 is 9.59 Å². The average molecular weight is 461 g/mol.